The van der Waals surface area contributed by atoms with Gasteiger partial charge in [0.1, 0.15) is 0 Å². The van der Waals surface area contributed by atoms with Gasteiger partial charge in [-0.05, 0) is 32.5 Å². The molecular formula is C12H21N3O. The highest BCUT2D eigenvalue weighted by Crippen LogP contribution is 1.86. The summed E-state index contributed by atoms with van der Waals surface area (Å²) in [6.07, 6.45) is 5.67. The van der Waals surface area contributed by atoms with Crippen LogP contribution in [0.2, 0.25) is 0 Å². The van der Waals surface area contributed by atoms with Gasteiger partial charge in [-0.1, -0.05) is 6.92 Å². The maximum Gasteiger partial charge on any atom is 0.186 e. The number of hydrogen-bond donors (Lipinski definition) is 3. The van der Waals surface area contributed by atoms with Crippen LogP contribution in [0.1, 0.15) is 25.3 Å². The molecule has 0 aliphatic heterocycles. The van der Waals surface area contributed by atoms with E-state index in [2.05, 4.69) is 22.5 Å². The fourth-order valence-electron chi connectivity index (χ4n) is 1.45. The second kappa shape index (κ2) is 8.07. The zero-order valence-corrected chi connectivity index (χ0v) is 9.88. The molecule has 0 saturated carbocycles. The van der Waals surface area contributed by atoms with Crippen LogP contribution in [0.25, 0.3) is 0 Å². The zero-order chi connectivity index (χ0) is 11.6. The van der Waals surface area contributed by atoms with Crippen LogP contribution in [0.3, 0.4) is 0 Å². The van der Waals surface area contributed by atoms with E-state index in [0.29, 0.717) is 6.54 Å². The lowest BCUT2D eigenvalue weighted by atomic mass is 10.2. The highest BCUT2D eigenvalue weighted by atomic mass is 16.1. The largest absolute Gasteiger partial charge is 0.367 e. The second-order valence-electron chi connectivity index (χ2n) is 3.81. The summed E-state index contributed by atoms with van der Waals surface area (Å²) in [5.74, 6) is 0. The molecular weight excluding hydrogens is 202 g/mol. The maximum atomic E-state index is 11.4. The molecule has 0 amide bonds. The molecule has 0 aromatic carbocycles. The Morgan fingerprint density at radius 2 is 2.06 bits per heavy atom. The molecule has 1 aromatic rings. The van der Waals surface area contributed by atoms with Gasteiger partial charge in [-0.15, -0.1) is 0 Å². The molecule has 0 unspecified atom stereocenters. The van der Waals surface area contributed by atoms with Crippen LogP contribution in [0, 0.1) is 0 Å². The van der Waals surface area contributed by atoms with Gasteiger partial charge in [0.15, 0.2) is 5.43 Å². The van der Waals surface area contributed by atoms with Crippen molar-refractivity contribution in [2.75, 3.05) is 19.6 Å². The van der Waals surface area contributed by atoms with Crippen LogP contribution < -0.4 is 16.1 Å². The van der Waals surface area contributed by atoms with Crippen LogP contribution in [0.5, 0.6) is 0 Å². The first-order valence-electron chi connectivity index (χ1n) is 5.92. The molecule has 0 atom stereocenters. The van der Waals surface area contributed by atoms with Crippen LogP contribution in [-0.2, 0) is 6.54 Å². The van der Waals surface area contributed by atoms with Crippen molar-refractivity contribution < 1.29 is 0 Å². The van der Waals surface area contributed by atoms with Crippen LogP contribution >= 0.6 is 0 Å². The van der Waals surface area contributed by atoms with Crippen LogP contribution in [-0.4, -0.2) is 24.6 Å². The quantitative estimate of drug-likeness (QED) is 0.573. The summed E-state index contributed by atoms with van der Waals surface area (Å²) >= 11 is 0. The van der Waals surface area contributed by atoms with Crippen molar-refractivity contribution in [3.8, 4) is 0 Å². The number of hydrogen-bond acceptors (Lipinski definition) is 3. The number of aromatic amines is 1. The average Bonchev–Trinajstić information content (AvgIpc) is 2.30. The van der Waals surface area contributed by atoms with Gasteiger partial charge >= 0.3 is 0 Å². The lowest BCUT2D eigenvalue weighted by Gasteiger charge is -2.05. The minimum Gasteiger partial charge on any atom is -0.367 e. The van der Waals surface area contributed by atoms with Gasteiger partial charge in [-0.3, -0.25) is 4.79 Å². The smallest absolute Gasteiger partial charge is 0.186 e. The van der Waals surface area contributed by atoms with E-state index >= 15 is 0 Å². The van der Waals surface area contributed by atoms with Gasteiger partial charge < -0.3 is 15.6 Å². The molecule has 1 rings (SSSR count). The first-order valence-corrected chi connectivity index (χ1v) is 5.92. The first-order chi connectivity index (χ1) is 7.84. The molecule has 4 nitrogen and oxygen atoms in total. The van der Waals surface area contributed by atoms with Gasteiger partial charge in [0.25, 0.3) is 0 Å². The molecule has 0 spiro atoms. The Morgan fingerprint density at radius 1 is 1.25 bits per heavy atom. The highest BCUT2D eigenvalue weighted by Gasteiger charge is 1.96. The van der Waals surface area contributed by atoms with Gasteiger partial charge in [0.05, 0.1) is 0 Å². The summed E-state index contributed by atoms with van der Waals surface area (Å²) in [5, 5.41) is 6.60. The number of pyridine rings is 1. The number of nitrogens with one attached hydrogen (secondary N) is 3. The Bertz CT molecular complexity index is 335. The van der Waals surface area contributed by atoms with E-state index in [-0.39, 0.29) is 5.43 Å². The summed E-state index contributed by atoms with van der Waals surface area (Å²) in [4.78, 5) is 14.3. The minimum atomic E-state index is 0.0929. The SMILES string of the molecule is CCCNCCCNCc1c[nH]ccc1=O. The Morgan fingerprint density at radius 3 is 2.81 bits per heavy atom. The molecule has 0 fully saturated rings. The fourth-order valence-corrected chi connectivity index (χ4v) is 1.45. The Kier molecular flexibility index (Phi) is 6.53. The summed E-state index contributed by atoms with van der Waals surface area (Å²) < 4.78 is 0. The minimum absolute atomic E-state index is 0.0929. The maximum absolute atomic E-state index is 11.4. The second-order valence-corrected chi connectivity index (χ2v) is 3.81. The summed E-state index contributed by atoms with van der Waals surface area (Å²) in [7, 11) is 0. The predicted molar refractivity (Wildman–Crippen MR) is 66.5 cm³/mol. The molecule has 90 valence electrons. The van der Waals surface area contributed by atoms with Crippen LogP contribution in [0.4, 0.5) is 0 Å². The third-order valence-electron chi connectivity index (χ3n) is 2.35. The molecule has 0 aliphatic rings. The van der Waals surface area contributed by atoms with E-state index in [4.69, 9.17) is 0 Å². The number of H-pyrrole nitrogens is 1. The third kappa shape index (κ3) is 5.09. The molecule has 0 radical (unpaired) electrons. The lowest BCUT2D eigenvalue weighted by Crippen LogP contribution is -2.24. The summed E-state index contributed by atoms with van der Waals surface area (Å²) in [6, 6.07) is 1.56. The van der Waals surface area contributed by atoms with Crippen molar-refractivity contribution in [2.45, 2.75) is 26.3 Å². The Labute approximate surface area is 96.5 Å². The van der Waals surface area contributed by atoms with Gasteiger partial charge in [0.2, 0.25) is 0 Å². The predicted octanol–water partition coefficient (Wildman–Crippen LogP) is 0.854. The highest BCUT2D eigenvalue weighted by molar-refractivity contribution is 5.08. The van der Waals surface area contributed by atoms with E-state index in [1.54, 1.807) is 18.5 Å². The molecule has 4 heteroatoms. The van der Waals surface area contributed by atoms with Crippen molar-refractivity contribution in [2.24, 2.45) is 0 Å². The van der Waals surface area contributed by atoms with E-state index < -0.39 is 0 Å². The number of aromatic nitrogens is 1. The Balaban J connectivity index is 2.08. The van der Waals surface area contributed by atoms with Crippen molar-refractivity contribution in [1.82, 2.24) is 15.6 Å². The summed E-state index contributed by atoms with van der Waals surface area (Å²) in [6.45, 7) is 5.85. The molecule has 0 saturated heterocycles. The fraction of sp³-hybridized carbons (Fsp3) is 0.583. The molecule has 1 heterocycles. The zero-order valence-electron chi connectivity index (χ0n) is 9.88. The van der Waals surface area contributed by atoms with Gasteiger partial charge in [-0.2, -0.15) is 0 Å². The Hall–Kier alpha value is -1.13. The average molecular weight is 223 g/mol. The van der Waals surface area contributed by atoms with E-state index in [0.717, 1.165) is 31.6 Å². The third-order valence-corrected chi connectivity index (χ3v) is 2.35. The van der Waals surface area contributed by atoms with Crippen LogP contribution in [0.15, 0.2) is 23.3 Å². The molecule has 3 N–H and O–H groups in total. The molecule has 0 aliphatic carbocycles. The summed E-state index contributed by atoms with van der Waals surface area (Å²) in [5.41, 5.74) is 0.888. The van der Waals surface area contributed by atoms with E-state index in [9.17, 15) is 4.79 Å². The van der Waals surface area contributed by atoms with Crippen molar-refractivity contribution in [1.29, 1.82) is 0 Å². The molecule has 0 bridgehead atoms. The molecule has 16 heavy (non-hydrogen) atoms. The lowest BCUT2D eigenvalue weighted by molar-refractivity contribution is 0.591. The van der Waals surface area contributed by atoms with Gasteiger partial charge in [-0.25, -0.2) is 0 Å². The van der Waals surface area contributed by atoms with E-state index in [1.807, 2.05) is 0 Å². The standard InChI is InChI=1S/C12H21N3O/c1-2-5-13-6-3-7-14-9-11-10-15-8-4-12(11)16/h4,8,10,13-14H,2-3,5-7,9H2,1H3,(H,15,16). The molecule has 1 aromatic heterocycles. The monoisotopic (exact) mass is 223 g/mol. The van der Waals surface area contributed by atoms with Crippen molar-refractivity contribution >= 4 is 0 Å². The van der Waals surface area contributed by atoms with Crippen molar-refractivity contribution in [3.63, 3.8) is 0 Å². The van der Waals surface area contributed by atoms with E-state index in [1.165, 1.54) is 6.42 Å². The number of rotatable bonds is 8. The topological polar surface area (TPSA) is 56.9 Å². The van der Waals surface area contributed by atoms with Crippen molar-refractivity contribution in [3.05, 3.63) is 34.2 Å². The normalized spacial score (nSPS) is 10.6. The first kappa shape index (κ1) is 12.9. The van der Waals surface area contributed by atoms with Gasteiger partial charge in [0, 0.05) is 30.6 Å².